The number of allylic oxidation sites excluding steroid dienone is 8. The monoisotopic (exact) mass is 713 g/mol. The van der Waals surface area contributed by atoms with E-state index in [0.717, 1.165) is 30.0 Å². The lowest BCUT2D eigenvalue weighted by Crippen LogP contribution is -2.00. The van der Waals surface area contributed by atoms with Gasteiger partial charge in [-0.2, -0.15) is 0 Å². The first-order chi connectivity index (χ1) is 26.6. The average molecular weight is 714 g/mol. The van der Waals surface area contributed by atoms with Gasteiger partial charge in [-0.1, -0.05) is 153 Å². The van der Waals surface area contributed by atoms with Crippen LogP contribution in [0, 0.1) is 0 Å². The molecule has 262 valence electrons. The molecule has 0 bridgehead atoms. The van der Waals surface area contributed by atoms with E-state index in [-0.39, 0.29) is 0 Å². The molecule has 1 aliphatic heterocycles. The van der Waals surface area contributed by atoms with E-state index in [1.54, 1.807) is 0 Å². The number of nitrogens with zero attached hydrogens (tertiary/aromatic N) is 1. The van der Waals surface area contributed by atoms with Crippen LogP contribution in [0.3, 0.4) is 0 Å². The summed E-state index contributed by atoms with van der Waals surface area (Å²) in [5.41, 5.74) is 13.6. The zero-order chi connectivity index (χ0) is 36.6. The Morgan fingerprint density at radius 1 is 0.741 bits per heavy atom. The number of para-hydroxylation sites is 1. The highest BCUT2D eigenvalue weighted by Gasteiger charge is 2.21. The Morgan fingerprint density at radius 2 is 1.50 bits per heavy atom. The van der Waals surface area contributed by atoms with Gasteiger partial charge in [0.15, 0.2) is 0 Å². The van der Waals surface area contributed by atoms with Gasteiger partial charge in [-0.05, 0) is 111 Å². The van der Waals surface area contributed by atoms with Gasteiger partial charge >= 0.3 is 0 Å². The molecule has 0 N–H and O–H groups in total. The van der Waals surface area contributed by atoms with Crippen molar-refractivity contribution in [1.82, 2.24) is 4.57 Å². The highest BCUT2D eigenvalue weighted by atomic mass is 32.2. The van der Waals surface area contributed by atoms with E-state index in [0.29, 0.717) is 5.92 Å². The number of rotatable bonds is 6. The molecule has 0 fully saturated rings. The first kappa shape index (κ1) is 34.0. The van der Waals surface area contributed by atoms with Crippen LogP contribution >= 0.6 is 11.8 Å². The Morgan fingerprint density at radius 3 is 2.30 bits per heavy atom. The van der Waals surface area contributed by atoms with Crippen LogP contribution in [0.15, 0.2) is 169 Å². The molecule has 0 saturated carbocycles. The van der Waals surface area contributed by atoms with Gasteiger partial charge in [0.2, 0.25) is 0 Å². The van der Waals surface area contributed by atoms with Crippen LogP contribution in [0.2, 0.25) is 0 Å². The second-order valence-electron chi connectivity index (χ2n) is 14.4. The van der Waals surface area contributed by atoms with Crippen LogP contribution in [0.1, 0.15) is 60.6 Å². The van der Waals surface area contributed by atoms with E-state index in [9.17, 15) is 0 Å². The van der Waals surface area contributed by atoms with E-state index >= 15 is 0 Å². The molecule has 1 atom stereocenters. The Hall–Kier alpha value is -5.83. The lowest BCUT2D eigenvalue weighted by atomic mass is 9.84. The van der Waals surface area contributed by atoms with Crippen molar-refractivity contribution < 1.29 is 0 Å². The molecule has 0 radical (unpaired) electrons. The molecule has 2 heteroatoms. The summed E-state index contributed by atoms with van der Waals surface area (Å²) in [6.45, 7) is 8.99. The summed E-state index contributed by atoms with van der Waals surface area (Å²) in [6, 6.07) is 42.5. The van der Waals surface area contributed by atoms with Crippen molar-refractivity contribution in [2.45, 2.75) is 37.5 Å². The van der Waals surface area contributed by atoms with Crippen LogP contribution in [-0.2, 0) is 0 Å². The third-order valence-electron chi connectivity index (χ3n) is 11.0. The smallest absolute Gasteiger partial charge is 0.0541 e. The summed E-state index contributed by atoms with van der Waals surface area (Å²) in [6.07, 6.45) is 22.5. The first-order valence-corrected chi connectivity index (χ1v) is 20.1. The molecule has 0 saturated heterocycles. The second kappa shape index (κ2) is 14.5. The number of aromatic nitrogens is 1. The fourth-order valence-electron chi connectivity index (χ4n) is 8.53. The van der Waals surface area contributed by atoms with Gasteiger partial charge in [0.05, 0.1) is 11.2 Å². The molecule has 0 spiro atoms. The Labute approximate surface area is 323 Å². The lowest BCUT2D eigenvalue weighted by molar-refractivity contribution is 0.932. The van der Waals surface area contributed by atoms with E-state index in [2.05, 4.69) is 189 Å². The largest absolute Gasteiger partial charge is 0.309 e. The van der Waals surface area contributed by atoms with E-state index in [1.807, 2.05) is 17.8 Å². The molecule has 6 aromatic carbocycles. The molecule has 2 heterocycles. The molecular formula is C52H43NS. The predicted octanol–water partition coefficient (Wildman–Crippen LogP) is 14.9. The lowest BCUT2D eigenvalue weighted by Gasteiger charge is -2.20. The van der Waals surface area contributed by atoms with Gasteiger partial charge < -0.3 is 4.57 Å². The van der Waals surface area contributed by atoms with Crippen LogP contribution in [0.4, 0.5) is 0 Å². The Kier molecular flexibility index (Phi) is 9.14. The number of fused-ring (bicyclic) bond motifs is 4. The maximum absolute atomic E-state index is 4.43. The van der Waals surface area contributed by atoms with Crippen molar-refractivity contribution in [2.24, 2.45) is 0 Å². The maximum Gasteiger partial charge on any atom is 0.0541 e. The highest BCUT2D eigenvalue weighted by molar-refractivity contribution is 7.99. The molecule has 1 aromatic heterocycles. The highest BCUT2D eigenvalue weighted by Crippen LogP contribution is 2.45. The molecule has 7 aromatic rings. The third kappa shape index (κ3) is 5.92. The van der Waals surface area contributed by atoms with E-state index in [4.69, 9.17) is 0 Å². The fourth-order valence-corrected chi connectivity index (χ4v) is 9.71. The number of benzene rings is 6. The molecule has 1 unspecified atom stereocenters. The summed E-state index contributed by atoms with van der Waals surface area (Å²) in [7, 11) is 0. The summed E-state index contributed by atoms with van der Waals surface area (Å²) < 4.78 is 2.42. The van der Waals surface area contributed by atoms with Crippen LogP contribution < -0.4 is 0 Å². The second-order valence-corrected chi connectivity index (χ2v) is 15.4. The van der Waals surface area contributed by atoms with E-state index in [1.165, 1.54) is 81.9 Å². The topological polar surface area (TPSA) is 4.93 Å². The van der Waals surface area contributed by atoms with Gasteiger partial charge in [-0.25, -0.2) is 0 Å². The van der Waals surface area contributed by atoms with Crippen molar-refractivity contribution in [2.75, 3.05) is 5.75 Å². The summed E-state index contributed by atoms with van der Waals surface area (Å²) in [5.74, 6) is 1.29. The fraction of sp³-hybridized carbons (Fsp3) is 0.115. The minimum absolute atomic E-state index is 0.339. The number of hydrogen-bond acceptors (Lipinski definition) is 1. The Balaban J connectivity index is 1.29. The summed E-state index contributed by atoms with van der Waals surface area (Å²) >= 11 is 1.93. The minimum atomic E-state index is 0.339. The molecule has 1 aliphatic carbocycles. The van der Waals surface area contributed by atoms with Crippen molar-refractivity contribution in [3.05, 3.63) is 192 Å². The predicted molar refractivity (Wildman–Crippen MR) is 238 cm³/mol. The molecular weight excluding hydrogens is 671 g/mol. The zero-order valence-corrected chi connectivity index (χ0v) is 31.7. The maximum atomic E-state index is 4.43. The molecule has 54 heavy (non-hydrogen) atoms. The van der Waals surface area contributed by atoms with E-state index < -0.39 is 0 Å². The number of thioether (sulfide) groups is 1. The standard InChI is InChI=1S/C52H43NS/c1-4-48-46(33-36(3)41-28-18-27-40-35(2)19-8-7-17-32-54-52(40)41)42-24-15-16-29-49(42)53(48)39-30-31-45-47(34-39)51(38-22-11-6-12-23-38)44-26-14-13-25-43(44)50(45)37-20-9-5-10-21-37/h4-5,7-11,13-31,33-35H,1,6,12,32H2,2-3H3/b17-7-,19-8-,36-33+. The minimum Gasteiger partial charge on any atom is -0.309 e. The van der Waals surface area contributed by atoms with Crippen LogP contribution in [0.25, 0.3) is 72.6 Å². The molecule has 1 nitrogen and oxygen atoms in total. The SMILES string of the molecule is C=Cc1c(/C=C(\C)c2cccc3c2SC/C=C\C=C/C3C)c2ccccc2n1-c1ccc2c(-c3ccccc3)c3ccccc3c(C3=CCCC=C3)c2c1. The van der Waals surface area contributed by atoms with Crippen molar-refractivity contribution in [1.29, 1.82) is 0 Å². The molecule has 2 aliphatic rings. The van der Waals surface area contributed by atoms with Gasteiger partial charge in [-0.15, -0.1) is 11.8 Å². The normalized spacial score (nSPS) is 17.1. The van der Waals surface area contributed by atoms with Crippen molar-refractivity contribution in [3.8, 4) is 16.8 Å². The summed E-state index contributed by atoms with van der Waals surface area (Å²) in [5, 5.41) is 6.31. The quantitative estimate of drug-likeness (QED) is 0.155. The van der Waals surface area contributed by atoms with Crippen molar-refractivity contribution >= 4 is 67.5 Å². The zero-order valence-electron chi connectivity index (χ0n) is 30.9. The molecule has 9 rings (SSSR count). The third-order valence-corrected chi connectivity index (χ3v) is 12.2. The molecule has 0 amide bonds. The van der Waals surface area contributed by atoms with Gasteiger partial charge in [0.25, 0.3) is 0 Å². The number of hydrogen-bond donors (Lipinski definition) is 0. The Bertz CT molecular complexity index is 2750. The first-order valence-electron chi connectivity index (χ1n) is 19.1. The van der Waals surface area contributed by atoms with Crippen LogP contribution in [0.5, 0.6) is 0 Å². The average Bonchev–Trinajstić information content (AvgIpc) is 3.57. The van der Waals surface area contributed by atoms with Gasteiger partial charge in [-0.3, -0.25) is 0 Å². The van der Waals surface area contributed by atoms with Crippen LogP contribution in [-0.4, -0.2) is 10.3 Å². The van der Waals surface area contributed by atoms with Gasteiger partial charge in [0, 0.05) is 33.2 Å². The summed E-state index contributed by atoms with van der Waals surface area (Å²) in [4.78, 5) is 1.37. The van der Waals surface area contributed by atoms with Crippen molar-refractivity contribution in [3.63, 3.8) is 0 Å². The van der Waals surface area contributed by atoms with Gasteiger partial charge in [0.1, 0.15) is 0 Å².